The Kier molecular flexibility index (Phi) is 4.24. The van der Waals surface area contributed by atoms with Gasteiger partial charge in [-0.2, -0.15) is 0 Å². The molecule has 1 N–H and O–H groups in total. The molecule has 1 amide bonds. The number of nitrogens with one attached hydrogen (secondary N) is 1. The zero-order valence-electron chi connectivity index (χ0n) is 12.3. The van der Waals surface area contributed by atoms with Gasteiger partial charge in [-0.25, -0.2) is 8.78 Å². The summed E-state index contributed by atoms with van der Waals surface area (Å²) in [6.07, 6.45) is 1.60. The predicted octanol–water partition coefficient (Wildman–Crippen LogP) is 3.02. The summed E-state index contributed by atoms with van der Waals surface area (Å²) in [7, 11) is 0. The summed E-state index contributed by atoms with van der Waals surface area (Å²) in [5.74, 6) is -2.25. The van der Waals surface area contributed by atoms with Crippen molar-refractivity contribution in [3.63, 3.8) is 0 Å². The maximum atomic E-state index is 13.1. The summed E-state index contributed by atoms with van der Waals surface area (Å²) in [5, 5.41) is 2.41. The average Bonchev–Trinajstić information content (AvgIpc) is 3.02. The first-order valence-corrected chi connectivity index (χ1v) is 7.03. The molecule has 0 saturated carbocycles. The van der Waals surface area contributed by atoms with E-state index in [-0.39, 0.29) is 23.6 Å². The van der Waals surface area contributed by atoms with Crippen LogP contribution in [0.25, 0.3) is 0 Å². The molecule has 5 nitrogen and oxygen atoms in total. The second-order valence-electron chi connectivity index (χ2n) is 5.02. The first-order chi connectivity index (χ1) is 11.5. The van der Waals surface area contributed by atoms with Crippen molar-refractivity contribution < 1.29 is 18.0 Å². The van der Waals surface area contributed by atoms with Crippen molar-refractivity contribution in [3.8, 4) is 0 Å². The third-order valence-corrected chi connectivity index (χ3v) is 3.29. The first-order valence-electron chi connectivity index (χ1n) is 7.03. The van der Waals surface area contributed by atoms with Crippen LogP contribution in [0.4, 0.5) is 14.5 Å². The van der Waals surface area contributed by atoms with Gasteiger partial charge in [-0.05, 0) is 30.3 Å². The standard InChI is InChI=1S/C17H12F2N2O3/c18-13-6-4-11(9-14(13)19)20-17(23)15-7-5-12(24-15)10-21-8-2-1-3-16(21)22/h1-9H,10H2,(H,20,23). The maximum absolute atomic E-state index is 13.1. The van der Waals surface area contributed by atoms with Crippen molar-refractivity contribution in [3.05, 3.63) is 88.2 Å². The van der Waals surface area contributed by atoms with Gasteiger partial charge in [0, 0.05) is 24.0 Å². The molecule has 0 saturated heterocycles. The number of pyridine rings is 1. The van der Waals surface area contributed by atoms with Crippen LogP contribution in [0.2, 0.25) is 0 Å². The maximum Gasteiger partial charge on any atom is 0.291 e. The van der Waals surface area contributed by atoms with Crippen molar-refractivity contribution in [2.45, 2.75) is 6.54 Å². The number of anilines is 1. The van der Waals surface area contributed by atoms with E-state index in [2.05, 4.69) is 5.32 Å². The Labute approximate surface area is 135 Å². The fraction of sp³-hybridized carbons (Fsp3) is 0.0588. The lowest BCUT2D eigenvalue weighted by Crippen LogP contribution is -2.18. The van der Waals surface area contributed by atoms with Gasteiger partial charge >= 0.3 is 0 Å². The quantitative estimate of drug-likeness (QED) is 0.800. The summed E-state index contributed by atoms with van der Waals surface area (Å²) in [6.45, 7) is 0.179. The molecular weight excluding hydrogens is 318 g/mol. The molecule has 2 heterocycles. The van der Waals surface area contributed by atoms with Gasteiger partial charge < -0.3 is 14.3 Å². The molecule has 2 aromatic heterocycles. The Bertz CT molecular complexity index is 947. The number of aromatic nitrogens is 1. The molecule has 3 rings (SSSR count). The third kappa shape index (κ3) is 3.40. The molecule has 0 aliphatic heterocycles. The van der Waals surface area contributed by atoms with Crippen molar-refractivity contribution in [2.24, 2.45) is 0 Å². The van der Waals surface area contributed by atoms with Gasteiger partial charge in [-0.3, -0.25) is 9.59 Å². The van der Waals surface area contributed by atoms with Crippen molar-refractivity contribution >= 4 is 11.6 Å². The zero-order chi connectivity index (χ0) is 17.1. The Hall–Kier alpha value is -3.22. The average molecular weight is 330 g/mol. The Morgan fingerprint density at radius 1 is 1.08 bits per heavy atom. The Morgan fingerprint density at radius 2 is 1.92 bits per heavy atom. The minimum atomic E-state index is -1.06. The molecule has 0 radical (unpaired) electrons. The number of hydrogen-bond donors (Lipinski definition) is 1. The van der Waals surface area contributed by atoms with E-state index in [9.17, 15) is 18.4 Å². The molecule has 7 heteroatoms. The number of rotatable bonds is 4. The Balaban J connectivity index is 1.73. The number of amides is 1. The van der Waals surface area contributed by atoms with E-state index >= 15 is 0 Å². The monoisotopic (exact) mass is 330 g/mol. The van der Waals surface area contributed by atoms with Crippen molar-refractivity contribution in [1.82, 2.24) is 4.57 Å². The molecule has 122 valence electrons. The molecule has 0 aliphatic carbocycles. The number of nitrogens with zero attached hydrogens (tertiary/aromatic N) is 1. The predicted molar refractivity (Wildman–Crippen MR) is 82.8 cm³/mol. The first kappa shape index (κ1) is 15.7. The van der Waals surface area contributed by atoms with E-state index in [0.29, 0.717) is 5.76 Å². The highest BCUT2D eigenvalue weighted by molar-refractivity contribution is 6.02. The van der Waals surface area contributed by atoms with E-state index in [1.165, 1.54) is 22.8 Å². The van der Waals surface area contributed by atoms with E-state index in [0.717, 1.165) is 12.1 Å². The van der Waals surface area contributed by atoms with Gasteiger partial charge in [0.2, 0.25) is 0 Å². The minimum Gasteiger partial charge on any atom is -0.454 e. The number of halogens is 2. The molecule has 0 fully saturated rings. The van der Waals surface area contributed by atoms with Gasteiger partial charge in [0.05, 0.1) is 6.54 Å². The normalized spacial score (nSPS) is 10.6. The minimum absolute atomic E-state index is 0.00119. The van der Waals surface area contributed by atoms with Gasteiger partial charge in [-0.15, -0.1) is 0 Å². The van der Waals surface area contributed by atoms with Crippen LogP contribution in [-0.2, 0) is 6.54 Å². The van der Waals surface area contributed by atoms with Crippen molar-refractivity contribution in [1.29, 1.82) is 0 Å². The highest BCUT2D eigenvalue weighted by Gasteiger charge is 2.13. The number of benzene rings is 1. The molecule has 24 heavy (non-hydrogen) atoms. The van der Waals surface area contributed by atoms with E-state index in [4.69, 9.17) is 4.42 Å². The molecule has 0 atom stereocenters. The van der Waals surface area contributed by atoms with Crippen LogP contribution in [0, 0.1) is 11.6 Å². The van der Waals surface area contributed by atoms with Crippen LogP contribution in [-0.4, -0.2) is 10.5 Å². The molecule has 3 aromatic rings. The fourth-order valence-corrected chi connectivity index (χ4v) is 2.11. The summed E-state index contributed by atoms with van der Waals surface area (Å²) in [6, 6.07) is 10.8. The Morgan fingerprint density at radius 3 is 2.67 bits per heavy atom. The number of hydrogen-bond acceptors (Lipinski definition) is 3. The molecule has 0 aliphatic rings. The van der Waals surface area contributed by atoms with Crippen LogP contribution < -0.4 is 10.9 Å². The molecule has 0 bridgehead atoms. The van der Waals surface area contributed by atoms with E-state index in [1.54, 1.807) is 24.4 Å². The molecule has 0 spiro atoms. The van der Waals surface area contributed by atoms with Crippen LogP contribution in [0.15, 0.2) is 63.9 Å². The zero-order valence-corrected chi connectivity index (χ0v) is 12.3. The number of furan rings is 1. The lowest BCUT2D eigenvalue weighted by atomic mass is 10.3. The second kappa shape index (κ2) is 6.49. The number of carbonyl (C=O) groups excluding carboxylic acids is 1. The highest BCUT2D eigenvalue weighted by atomic mass is 19.2. The third-order valence-electron chi connectivity index (χ3n) is 3.29. The lowest BCUT2D eigenvalue weighted by Gasteiger charge is -2.04. The largest absolute Gasteiger partial charge is 0.454 e. The van der Waals surface area contributed by atoms with Gasteiger partial charge in [0.25, 0.3) is 11.5 Å². The lowest BCUT2D eigenvalue weighted by molar-refractivity contribution is 0.0994. The summed E-state index contributed by atoms with van der Waals surface area (Å²) < 4.78 is 32.8. The van der Waals surface area contributed by atoms with Gasteiger partial charge in [0.15, 0.2) is 17.4 Å². The molecule has 1 aromatic carbocycles. The van der Waals surface area contributed by atoms with E-state index < -0.39 is 17.5 Å². The van der Waals surface area contributed by atoms with Crippen LogP contribution >= 0.6 is 0 Å². The second-order valence-corrected chi connectivity index (χ2v) is 5.02. The SMILES string of the molecule is O=C(Nc1ccc(F)c(F)c1)c1ccc(Cn2ccccc2=O)o1. The smallest absolute Gasteiger partial charge is 0.291 e. The van der Waals surface area contributed by atoms with Gasteiger partial charge in [0.1, 0.15) is 5.76 Å². The van der Waals surface area contributed by atoms with Crippen LogP contribution in [0.5, 0.6) is 0 Å². The van der Waals surface area contributed by atoms with Crippen LogP contribution in [0.1, 0.15) is 16.3 Å². The van der Waals surface area contributed by atoms with Gasteiger partial charge in [-0.1, -0.05) is 6.07 Å². The van der Waals surface area contributed by atoms with Crippen molar-refractivity contribution in [2.75, 3.05) is 5.32 Å². The molecular formula is C17H12F2N2O3. The molecule has 0 unspecified atom stereocenters. The summed E-state index contributed by atoms with van der Waals surface area (Å²) in [4.78, 5) is 23.7. The topological polar surface area (TPSA) is 64.2 Å². The fourth-order valence-electron chi connectivity index (χ4n) is 2.11. The summed E-state index contributed by atoms with van der Waals surface area (Å²) >= 11 is 0. The van der Waals surface area contributed by atoms with Crippen LogP contribution in [0.3, 0.4) is 0 Å². The highest BCUT2D eigenvalue weighted by Crippen LogP contribution is 2.15. The number of carbonyl (C=O) groups is 1. The van der Waals surface area contributed by atoms with E-state index in [1.807, 2.05) is 0 Å². The summed E-state index contributed by atoms with van der Waals surface area (Å²) in [5.41, 5.74) is -0.0854.